The summed E-state index contributed by atoms with van der Waals surface area (Å²) in [5, 5.41) is 1.08. The summed E-state index contributed by atoms with van der Waals surface area (Å²) < 4.78 is 45.0. The maximum atomic E-state index is 12.7. The Kier molecular flexibility index (Phi) is 4.76. The summed E-state index contributed by atoms with van der Waals surface area (Å²) in [5.41, 5.74) is 2.28. The molecule has 0 bridgehead atoms. The lowest BCUT2D eigenvalue weighted by atomic mass is 10.1. The highest BCUT2D eigenvalue weighted by molar-refractivity contribution is 6.31. The molecule has 128 valence electrons. The quantitative estimate of drug-likeness (QED) is 0.562. The molecule has 1 aromatic heterocycles. The first-order valence-corrected chi connectivity index (χ1v) is 7.74. The number of fused-ring (bicyclic) bond motifs is 1. The number of nitrogens with zero attached hydrogens (tertiary/aromatic N) is 1. The van der Waals surface area contributed by atoms with Crippen molar-refractivity contribution in [3.8, 4) is 23.1 Å². The van der Waals surface area contributed by atoms with E-state index < -0.39 is 6.18 Å². The molecule has 0 radical (unpaired) electrons. The van der Waals surface area contributed by atoms with Crippen molar-refractivity contribution in [3.05, 3.63) is 59.1 Å². The SMILES string of the molecule is COCn1c(-c2ccccc2)c(C#CC(F)(F)F)c2ccc(Cl)cc21. The topological polar surface area (TPSA) is 14.2 Å². The van der Waals surface area contributed by atoms with Crippen LogP contribution in [0.5, 0.6) is 0 Å². The number of alkyl halides is 3. The molecule has 0 spiro atoms. The number of hydrogen-bond acceptors (Lipinski definition) is 1. The van der Waals surface area contributed by atoms with Crippen LogP contribution in [0.2, 0.25) is 5.02 Å². The number of rotatable bonds is 3. The standard InChI is InChI=1S/C19H13ClF3NO/c1-25-12-24-17-11-14(20)7-8-15(17)16(9-10-19(21,22)23)18(24)13-5-3-2-4-6-13/h2-8,11H,12H2,1H3. The second kappa shape index (κ2) is 6.83. The molecular formula is C19H13ClF3NO. The second-order valence-electron chi connectivity index (χ2n) is 5.34. The van der Waals surface area contributed by atoms with Gasteiger partial charge in [0.05, 0.1) is 16.8 Å². The van der Waals surface area contributed by atoms with Crippen LogP contribution in [0.1, 0.15) is 5.56 Å². The van der Waals surface area contributed by atoms with E-state index in [9.17, 15) is 13.2 Å². The lowest BCUT2D eigenvalue weighted by Crippen LogP contribution is -2.03. The zero-order valence-corrected chi connectivity index (χ0v) is 13.9. The van der Waals surface area contributed by atoms with Gasteiger partial charge in [-0.25, -0.2) is 0 Å². The molecule has 0 amide bonds. The molecule has 0 unspecified atom stereocenters. The number of ether oxygens (including phenoxy) is 1. The molecule has 0 aliphatic carbocycles. The minimum absolute atomic E-state index is 0.161. The van der Waals surface area contributed by atoms with Crippen LogP contribution in [0.25, 0.3) is 22.2 Å². The van der Waals surface area contributed by atoms with Crippen LogP contribution in [-0.2, 0) is 11.5 Å². The molecule has 0 atom stereocenters. The summed E-state index contributed by atoms with van der Waals surface area (Å²) in [5.74, 6) is 3.67. The molecule has 1 heterocycles. The van der Waals surface area contributed by atoms with Crippen molar-refractivity contribution in [2.24, 2.45) is 0 Å². The summed E-state index contributed by atoms with van der Waals surface area (Å²) in [6.45, 7) is 0.161. The van der Waals surface area contributed by atoms with Crippen LogP contribution in [0.15, 0.2) is 48.5 Å². The maximum Gasteiger partial charge on any atom is 0.458 e. The fraction of sp³-hybridized carbons (Fsp3) is 0.158. The minimum atomic E-state index is -4.57. The molecular weight excluding hydrogens is 351 g/mol. The van der Waals surface area contributed by atoms with Gasteiger partial charge in [0.15, 0.2) is 0 Å². The first-order chi connectivity index (χ1) is 11.9. The molecule has 3 aromatic rings. The summed E-state index contributed by atoms with van der Waals surface area (Å²) in [7, 11) is 1.52. The molecule has 0 N–H and O–H groups in total. The van der Waals surface area contributed by atoms with Crippen molar-refractivity contribution in [1.29, 1.82) is 0 Å². The van der Waals surface area contributed by atoms with E-state index in [1.807, 2.05) is 30.3 Å². The fourth-order valence-corrected chi connectivity index (χ4v) is 2.91. The first-order valence-electron chi connectivity index (χ1n) is 7.37. The number of halogens is 4. The summed E-state index contributed by atoms with van der Waals surface area (Å²) in [6, 6.07) is 14.1. The number of aromatic nitrogens is 1. The van der Waals surface area contributed by atoms with Gasteiger partial charge < -0.3 is 9.30 Å². The van der Waals surface area contributed by atoms with Crippen molar-refractivity contribution < 1.29 is 17.9 Å². The maximum absolute atomic E-state index is 12.7. The van der Waals surface area contributed by atoms with Crippen LogP contribution in [-0.4, -0.2) is 17.9 Å². The highest BCUT2D eigenvalue weighted by Crippen LogP contribution is 2.35. The Morgan fingerprint density at radius 1 is 1.12 bits per heavy atom. The lowest BCUT2D eigenvalue weighted by molar-refractivity contribution is -0.0696. The first kappa shape index (κ1) is 17.4. The van der Waals surface area contributed by atoms with Gasteiger partial charge in [-0.1, -0.05) is 53.9 Å². The van der Waals surface area contributed by atoms with Crippen molar-refractivity contribution in [3.63, 3.8) is 0 Å². The van der Waals surface area contributed by atoms with Crippen LogP contribution >= 0.6 is 11.6 Å². The van der Waals surface area contributed by atoms with Gasteiger partial charge in [0.2, 0.25) is 0 Å². The monoisotopic (exact) mass is 363 g/mol. The van der Waals surface area contributed by atoms with E-state index in [4.69, 9.17) is 16.3 Å². The van der Waals surface area contributed by atoms with Gasteiger partial charge >= 0.3 is 6.18 Å². The Labute approximate surface area is 147 Å². The van der Waals surface area contributed by atoms with E-state index in [0.717, 1.165) is 5.56 Å². The van der Waals surface area contributed by atoms with Gasteiger partial charge in [0.25, 0.3) is 0 Å². The molecule has 6 heteroatoms. The van der Waals surface area contributed by atoms with Crippen molar-refractivity contribution in [1.82, 2.24) is 4.57 Å². The van der Waals surface area contributed by atoms with E-state index in [0.29, 0.717) is 27.2 Å². The molecule has 2 nitrogen and oxygen atoms in total. The molecule has 0 fully saturated rings. The Hall–Kier alpha value is -2.42. The van der Waals surface area contributed by atoms with Crippen LogP contribution in [0.4, 0.5) is 13.2 Å². The Balaban J connectivity index is 2.39. The van der Waals surface area contributed by atoms with Gasteiger partial charge in [-0.2, -0.15) is 13.2 Å². The van der Waals surface area contributed by atoms with E-state index in [1.54, 1.807) is 22.8 Å². The van der Waals surface area contributed by atoms with Crippen LogP contribution < -0.4 is 0 Å². The molecule has 0 saturated heterocycles. The third-order valence-electron chi connectivity index (χ3n) is 3.66. The highest BCUT2D eigenvalue weighted by Gasteiger charge is 2.24. The number of hydrogen-bond donors (Lipinski definition) is 0. The average molecular weight is 364 g/mol. The Morgan fingerprint density at radius 2 is 1.84 bits per heavy atom. The van der Waals surface area contributed by atoms with Gasteiger partial charge in [0.1, 0.15) is 6.73 Å². The van der Waals surface area contributed by atoms with E-state index in [-0.39, 0.29) is 6.73 Å². The lowest BCUT2D eigenvalue weighted by Gasteiger charge is -2.10. The predicted molar refractivity (Wildman–Crippen MR) is 92.3 cm³/mol. The largest absolute Gasteiger partial charge is 0.458 e. The molecule has 0 saturated carbocycles. The normalized spacial score (nSPS) is 11.4. The predicted octanol–water partition coefficient (Wildman–Crippen LogP) is 5.48. The molecule has 0 aliphatic rings. The van der Waals surface area contributed by atoms with Gasteiger partial charge in [0, 0.05) is 23.4 Å². The summed E-state index contributed by atoms with van der Waals surface area (Å²) in [6.07, 6.45) is -4.57. The summed E-state index contributed by atoms with van der Waals surface area (Å²) >= 11 is 6.08. The zero-order valence-electron chi connectivity index (χ0n) is 13.2. The average Bonchev–Trinajstić information content (AvgIpc) is 2.86. The van der Waals surface area contributed by atoms with Crippen molar-refractivity contribution >= 4 is 22.5 Å². The molecule has 3 rings (SSSR count). The minimum Gasteiger partial charge on any atom is -0.364 e. The Bertz CT molecular complexity index is 965. The van der Waals surface area contributed by atoms with E-state index in [2.05, 4.69) is 5.92 Å². The second-order valence-corrected chi connectivity index (χ2v) is 5.78. The Morgan fingerprint density at radius 3 is 2.48 bits per heavy atom. The smallest absolute Gasteiger partial charge is 0.364 e. The van der Waals surface area contributed by atoms with Crippen molar-refractivity contribution in [2.75, 3.05) is 7.11 Å². The van der Waals surface area contributed by atoms with E-state index >= 15 is 0 Å². The van der Waals surface area contributed by atoms with Crippen LogP contribution in [0.3, 0.4) is 0 Å². The van der Waals surface area contributed by atoms with Gasteiger partial charge in [-0.3, -0.25) is 0 Å². The van der Waals surface area contributed by atoms with Gasteiger partial charge in [-0.05, 0) is 17.7 Å². The van der Waals surface area contributed by atoms with E-state index in [1.165, 1.54) is 13.0 Å². The third kappa shape index (κ3) is 3.65. The summed E-state index contributed by atoms with van der Waals surface area (Å²) in [4.78, 5) is 0. The zero-order chi connectivity index (χ0) is 18.0. The molecule has 2 aromatic carbocycles. The van der Waals surface area contributed by atoms with Gasteiger partial charge in [-0.15, -0.1) is 0 Å². The number of methoxy groups -OCH3 is 1. The molecule has 0 aliphatic heterocycles. The third-order valence-corrected chi connectivity index (χ3v) is 3.90. The highest BCUT2D eigenvalue weighted by atomic mass is 35.5. The van der Waals surface area contributed by atoms with Crippen LogP contribution in [0, 0.1) is 11.8 Å². The van der Waals surface area contributed by atoms with Crippen molar-refractivity contribution in [2.45, 2.75) is 12.9 Å². The fourth-order valence-electron chi connectivity index (χ4n) is 2.74. The molecule has 25 heavy (non-hydrogen) atoms. The number of benzene rings is 2.